The number of hydrogen-bond donors (Lipinski definition) is 2. The van der Waals surface area contributed by atoms with Gasteiger partial charge in [0.05, 0.1) is 11.9 Å². The number of aromatic amines is 1. The Morgan fingerprint density at radius 3 is 2.94 bits per heavy atom. The second-order valence-corrected chi connectivity index (χ2v) is 5.51. The number of rotatable bonds is 5. The van der Waals surface area contributed by atoms with Crippen molar-refractivity contribution in [1.29, 1.82) is 0 Å². The molecule has 0 aromatic carbocycles. The van der Waals surface area contributed by atoms with Gasteiger partial charge in [0, 0.05) is 18.9 Å². The largest absolute Gasteiger partial charge is 0.377 e. The predicted molar refractivity (Wildman–Crippen MR) is 71.5 cm³/mol. The minimum Gasteiger partial charge on any atom is -0.377 e. The van der Waals surface area contributed by atoms with Crippen LogP contribution in [0.5, 0.6) is 0 Å². The molecule has 0 fully saturated rings. The molecule has 0 spiro atoms. The van der Waals surface area contributed by atoms with Crippen LogP contribution in [0.1, 0.15) is 13.8 Å². The lowest BCUT2D eigenvalue weighted by Gasteiger charge is -2.29. The van der Waals surface area contributed by atoms with Gasteiger partial charge >= 0.3 is 0 Å². The molecule has 2 aromatic rings. The number of nitrogens with one attached hydrogen (secondary N) is 1. The van der Waals surface area contributed by atoms with Gasteiger partial charge in [-0.3, -0.25) is 0 Å². The molecule has 98 valence electrons. The first kappa shape index (κ1) is 13.3. The number of nitrogens with zero attached hydrogens (tertiary/aromatic N) is 3. The van der Waals surface area contributed by atoms with E-state index in [1.54, 1.807) is 25.2 Å². The van der Waals surface area contributed by atoms with E-state index in [2.05, 4.69) is 19.9 Å². The molecule has 6 nitrogen and oxygen atoms in total. The highest BCUT2D eigenvalue weighted by Crippen LogP contribution is 2.25. The van der Waals surface area contributed by atoms with Gasteiger partial charge in [-0.15, -0.1) is 11.8 Å². The van der Waals surface area contributed by atoms with Gasteiger partial charge in [0.25, 0.3) is 0 Å². The second kappa shape index (κ2) is 5.21. The number of hydrogen-bond acceptors (Lipinski definition) is 6. The number of H-pyrrole nitrogens is 1. The van der Waals surface area contributed by atoms with Crippen molar-refractivity contribution in [3.63, 3.8) is 0 Å². The minimum absolute atomic E-state index is 0.0829. The maximum absolute atomic E-state index is 6.11. The molecule has 3 N–H and O–H groups in total. The Morgan fingerprint density at radius 1 is 1.44 bits per heavy atom. The zero-order valence-electron chi connectivity index (χ0n) is 10.7. The average molecular weight is 267 g/mol. The zero-order valence-corrected chi connectivity index (χ0v) is 11.5. The van der Waals surface area contributed by atoms with Gasteiger partial charge in [-0.25, -0.2) is 15.0 Å². The normalized spacial score (nSPS) is 14.0. The van der Waals surface area contributed by atoms with E-state index in [1.165, 1.54) is 6.33 Å². The Balaban J connectivity index is 2.09. The van der Waals surface area contributed by atoms with Crippen molar-refractivity contribution < 1.29 is 4.74 Å². The van der Waals surface area contributed by atoms with Gasteiger partial charge in [0.1, 0.15) is 16.9 Å². The number of methoxy groups -OCH3 is 1. The molecular formula is C11H17N5OS. The summed E-state index contributed by atoms with van der Waals surface area (Å²) in [5.74, 6) is 0.714. The number of ether oxygens (including phenoxy) is 1. The third-order valence-corrected chi connectivity index (χ3v) is 4.12. The highest BCUT2D eigenvalue weighted by molar-refractivity contribution is 7.99. The quantitative estimate of drug-likeness (QED) is 0.625. The maximum atomic E-state index is 6.11. The lowest BCUT2D eigenvalue weighted by molar-refractivity contribution is 0.00667. The number of aromatic nitrogens is 4. The Hall–Kier alpha value is -1.18. The third-order valence-electron chi connectivity index (χ3n) is 3.01. The van der Waals surface area contributed by atoms with Gasteiger partial charge in [-0.1, -0.05) is 0 Å². The predicted octanol–water partition coefficient (Wildman–Crippen LogP) is 1.20. The second-order valence-electron chi connectivity index (χ2n) is 4.51. The third kappa shape index (κ3) is 2.63. The van der Waals surface area contributed by atoms with Crippen LogP contribution in [-0.2, 0) is 4.74 Å². The van der Waals surface area contributed by atoms with E-state index in [0.29, 0.717) is 11.4 Å². The fraction of sp³-hybridized carbons (Fsp3) is 0.545. The fourth-order valence-corrected chi connectivity index (χ4v) is 2.53. The smallest absolute Gasteiger partial charge is 0.181 e. The van der Waals surface area contributed by atoms with E-state index in [0.717, 1.165) is 10.5 Å². The number of imidazole rings is 1. The first-order valence-corrected chi connectivity index (χ1v) is 6.61. The van der Waals surface area contributed by atoms with E-state index in [1.807, 2.05) is 13.8 Å². The van der Waals surface area contributed by atoms with Crippen molar-refractivity contribution >= 4 is 22.9 Å². The van der Waals surface area contributed by atoms with Gasteiger partial charge in [0.2, 0.25) is 0 Å². The molecule has 2 rings (SSSR count). The molecule has 2 aromatic heterocycles. The Bertz CT molecular complexity index is 527. The number of nitrogens with two attached hydrogens (primary N) is 1. The molecular weight excluding hydrogens is 250 g/mol. The van der Waals surface area contributed by atoms with E-state index in [9.17, 15) is 0 Å². The van der Waals surface area contributed by atoms with Crippen molar-refractivity contribution in [3.8, 4) is 0 Å². The van der Waals surface area contributed by atoms with E-state index >= 15 is 0 Å². The van der Waals surface area contributed by atoms with Crippen molar-refractivity contribution in [2.75, 3.05) is 12.9 Å². The summed E-state index contributed by atoms with van der Waals surface area (Å²) in [6.45, 7) is 3.95. The highest BCUT2D eigenvalue weighted by atomic mass is 32.2. The van der Waals surface area contributed by atoms with Crippen LogP contribution in [0, 0.1) is 0 Å². The Kier molecular flexibility index (Phi) is 3.84. The summed E-state index contributed by atoms with van der Waals surface area (Å²) in [4.78, 5) is 15.4. The molecule has 1 atom stereocenters. The van der Waals surface area contributed by atoms with E-state index in [-0.39, 0.29) is 11.6 Å². The van der Waals surface area contributed by atoms with Crippen molar-refractivity contribution in [3.05, 3.63) is 12.7 Å². The molecule has 0 aliphatic heterocycles. The first-order valence-electron chi connectivity index (χ1n) is 5.62. The van der Waals surface area contributed by atoms with Crippen LogP contribution in [0.15, 0.2) is 17.7 Å². The lowest BCUT2D eigenvalue weighted by Crippen LogP contribution is -2.46. The van der Waals surface area contributed by atoms with Crippen LogP contribution >= 0.6 is 11.8 Å². The minimum atomic E-state index is -0.354. The number of fused-ring (bicyclic) bond motifs is 1. The Morgan fingerprint density at radius 2 is 2.22 bits per heavy atom. The van der Waals surface area contributed by atoms with Crippen LogP contribution in [-0.4, -0.2) is 44.4 Å². The van der Waals surface area contributed by atoms with Gasteiger partial charge in [-0.05, 0) is 13.8 Å². The maximum Gasteiger partial charge on any atom is 0.181 e. The molecule has 0 aliphatic carbocycles. The Labute approximate surface area is 110 Å². The first-order chi connectivity index (χ1) is 8.54. The molecule has 0 radical (unpaired) electrons. The standard InChI is InChI=1S/C11H17N5OS/c1-11(2,17-3)7(12)4-18-10-8-9(14-5-13-8)15-6-16-10/h5-7H,4,12H2,1-3H3,(H,13,14,15,16). The average Bonchev–Trinajstić information content (AvgIpc) is 2.84. The summed E-state index contributed by atoms with van der Waals surface area (Å²) in [7, 11) is 1.67. The zero-order chi connectivity index (χ0) is 13.2. The molecule has 0 aliphatic rings. The van der Waals surface area contributed by atoms with Crippen LogP contribution < -0.4 is 5.73 Å². The van der Waals surface area contributed by atoms with Gasteiger partial charge < -0.3 is 15.5 Å². The molecule has 0 amide bonds. The summed E-state index contributed by atoms with van der Waals surface area (Å²) < 4.78 is 5.37. The van der Waals surface area contributed by atoms with Gasteiger partial charge in [-0.2, -0.15) is 0 Å². The SMILES string of the molecule is COC(C)(C)C(N)CSc1ncnc2nc[nH]c12. The van der Waals surface area contributed by atoms with E-state index in [4.69, 9.17) is 10.5 Å². The highest BCUT2D eigenvalue weighted by Gasteiger charge is 2.26. The van der Waals surface area contributed by atoms with Crippen molar-refractivity contribution in [2.24, 2.45) is 5.73 Å². The summed E-state index contributed by atoms with van der Waals surface area (Å²) in [5, 5.41) is 0.861. The van der Waals surface area contributed by atoms with Crippen LogP contribution in [0.4, 0.5) is 0 Å². The summed E-state index contributed by atoms with van der Waals surface area (Å²) in [6, 6.07) is -0.0829. The lowest BCUT2D eigenvalue weighted by atomic mass is 10.0. The molecule has 1 unspecified atom stereocenters. The molecule has 18 heavy (non-hydrogen) atoms. The van der Waals surface area contributed by atoms with Crippen LogP contribution in [0.3, 0.4) is 0 Å². The van der Waals surface area contributed by atoms with E-state index < -0.39 is 0 Å². The summed E-state index contributed by atoms with van der Waals surface area (Å²) in [6.07, 6.45) is 3.13. The summed E-state index contributed by atoms with van der Waals surface area (Å²) in [5.41, 5.74) is 7.29. The van der Waals surface area contributed by atoms with Crippen molar-refractivity contribution in [2.45, 2.75) is 30.5 Å². The molecule has 7 heteroatoms. The van der Waals surface area contributed by atoms with Crippen LogP contribution in [0.2, 0.25) is 0 Å². The van der Waals surface area contributed by atoms with Gasteiger partial charge in [0.15, 0.2) is 5.65 Å². The van der Waals surface area contributed by atoms with Crippen LogP contribution in [0.25, 0.3) is 11.2 Å². The molecule has 0 saturated carbocycles. The molecule has 2 heterocycles. The monoisotopic (exact) mass is 267 g/mol. The number of thioether (sulfide) groups is 1. The topological polar surface area (TPSA) is 89.7 Å². The van der Waals surface area contributed by atoms with Crippen molar-refractivity contribution in [1.82, 2.24) is 19.9 Å². The molecule has 0 bridgehead atoms. The molecule has 0 saturated heterocycles. The fourth-order valence-electron chi connectivity index (χ4n) is 1.37. The summed E-state index contributed by atoms with van der Waals surface area (Å²) >= 11 is 1.58.